The van der Waals surface area contributed by atoms with Gasteiger partial charge in [-0.25, -0.2) is 19.6 Å². The first kappa shape index (κ1) is 19.7. The van der Waals surface area contributed by atoms with E-state index in [0.717, 1.165) is 0 Å². The van der Waals surface area contributed by atoms with Gasteiger partial charge in [0.2, 0.25) is 0 Å². The molecule has 0 aliphatic carbocycles. The molecule has 5 rings (SSSR count). The fraction of sp³-hybridized carbons (Fsp3) is 0.174. The Bertz CT molecular complexity index is 1620. The second kappa shape index (κ2) is 7.45. The summed E-state index contributed by atoms with van der Waals surface area (Å²) in [5.74, 6) is -1.15. The van der Waals surface area contributed by atoms with E-state index in [4.69, 9.17) is 14.5 Å². The molecular weight excluding hydrogens is 412 g/mol. The number of methoxy groups -OCH3 is 1. The Hall–Kier alpha value is -4.27. The molecule has 0 radical (unpaired) electrons. The van der Waals surface area contributed by atoms with Gasteiger partial charge in [-0.05, 0) is 36.8 Å². The number of carbonyl (C=O) groups excluding carboxylic acids is 2. The minimum Gasteiger partial charge on any atom is -0.465 e. The molecule has 0 unspecified atom stereocenters. The van der Waals surface area contributed by atoms with Gasteiger partial charge < -0.3 is 14.5 Å². The van der Waals surface area contributed by atoms with Crippen molar-refractivity contribution in [2.75, 3.05) is 13.7 Å². The van der Waals surface area contributed by atoms with Gasteiger partial charge in [-0.2, -0.15) is 0 Å². The number of ether oxygens (including phenoxy) is 2. The van der Waals surface area contributed by atoms with Crippen LogP contribution in [0.15, 0.2) is 47.3 Å². The van der Waals surface area contributed by atoms with Crippen LogP contribution in [0.2, 0.25) is 0 Å². The summed E-state index contributed by atoms with van der Waals surface area (Å²) >= 11 is 0. The number of esters is 2. The number of H-pyrrole nitrogens is 1. The molecule has 160 valence electrons. The summed E-state index contributed by atoms with van der Waals surface area (Å²) in [5.41, 5.74) is 2.59. The van der Waals surface area contributed by atoms with Crippen LogP contribution in [0.3, 0.4) is 0 Å². The highest BCUT2D eigenvalue weighted by Crippen LogP contribution is 2.28. The Balaban J connectivity index is 1.94. The van der Waals surface area contributed by atoms with Gasteiger partial charge in [0.25, 0.3) is 5.56 Å². The molecule has 3 aromatic heterocycles. The maximum atomic E-state index is 13.0. The topological polar surface area (TPSA) is 116 Å². The summed E-state index contributed by atoms with van der Waals surface area (Å²) in [7, 11) is 1.27. The molecule has 3 heterocycles. The number of aromatic amines is 1. The lowest BCUT2D eigenvalue weighted by atomic mass is 10.1. The third kappa shape index (κ3) is 2.89. The van der Waals surface area contributed by atoms with Crippen LogP contribution in [0.1, 0.15) is 34.1 Å². The number of hydrogen-bond donors (Lipinski definition) is 1. The molecule has 0 aliphatic rings. The van der Waals surface area contributed by atoms with E-state index in [1.807, 2.05) is 25.1 Å². The molecule has 0 saturated heterocycles. The predicted octanol–water partition coefficient (Wildman–Crippen LogP) is 3.23. The van der Waals surface area contributed by atoms with E-state index >= 15 is 0 Å². The van der Waals surface area contributed by atoms with Crippen molar-refractivity contribution in [3.8, 4) is 0 Å². The number of hydrogen-bond acceptors (Lipinski definition) is 7. The standard InChI is InChI=1S/C23H18N4O5/c1-3-10-32-23(30)17-18-20(25-15-7-5-4-6-14(15)24-18)27-16-9-8-12(22(29)31-2)11-13(16)21(28)26-19(17)27/h4-9,11H,3,10H2,1-2H3,(H,26,28). The van der Waals surface area contributed by atoms with Crippen LogP contribution in [-0.4, -0.2) is 45.0 Å². The van der Waals surface area contributed by atoms with Crippen LogP contribution in [0.5, 0.6) is 0 Å². The maximum absolute atomic E-state index is 13.0. The van der Waals surface area contributed by atoms with Gasteiger partial charge in [-0.3, -0.25) is 9.20 Å². The quantitative estimate of drug-likeness (QED) is 0.435. The number of nitrogens with one attached hydrogen (secondary N) is 1. The number of carbonyl (C=O) groups is 2. The van der Waals surface area contributed by atoms with E-state index < -0.39 is 17.5 Å². The highest BCUT2D eigenvalue weighted by molar-refractivity contribution is 6.11. The molecule has 0 fully saturated rings. The zero-order chi connectivity index (χ0) is 22.4. The lowest BCUT2D eigenvalue weighted by molar-refractivity contribution is 0.0508. The third-order valence-electron chi connectivity index (χ3n) is 5.24. The minimum absolute atomic E-state index is 0.141. The fourth-order valence-electron chi connectivity index (χ4n) is 3.79. The highest BCUT2D eigenvalue weighted by atomic mass is 16.5. The van der Waals surface area contributed by atoms with E-state index in [1.165, 1.54) is 13.2 Å². The minimum atomic E-state index is -0.592. The number of fused-ring (bicyclic) bond motifs is 6. The second-order valence-electron chi connectivity index (χ2n) is 7.26. The second-order valence-corrected chi connectivity index (χ2v) is 7.26. The zero-order valence-electron chi connectivity index (χ0n) is 17.3. The summed E-state index contributed by atoms with van der Waals surface area (Å²) in [5, 5.41) is 0.251. The SMILES string of the molecule is CCCOC(=O)c1c2nc3ccccc3nc2n2c1[nH]c(=O)c1cc(C(=O)OC)ccc12. The highest BCUT2D eigenvalue weighted by Gasteiger charge is 2.25. The Labute approximate surface area is 180 Å². The molecule has 32 heavy (non-hydrogen) atoms. The molecule has 0 saturated carbocycles. The van der Waals surface area contributed by atoms with Crippen LogP contribution in [0.25, 0.3) is 38.7 Å². The number of nitrogens with zero attached hydrogens (tertiary/aromatic N) is 3. The smallest absolute Gasteiger partial charge is 0.344 e. The average molecular weight is 430 g/mol. The van der Waals surface area contributed by atoms with Crippen LogP contribution < -0.4 is 5.56 Å². The number of rotatable bonds is 4. The Morgan fingerprint density at radius 2 is 1.81 bits per heavy atom. The third-order valence-corrected chi connectivity index (χ3v) is 5.24. The molecule has 0 aliphatic heterocycles. The lowest BCUT2D eigenvalue weighted by Gasteiger charge is -2.06. The van der Waals surface area contributed by atoms with Gasteiger partial charge >= 0.3 is 11.9 Å². The molecule has 0 atom stereocenters. The molecule has 1 N–H and O–H groups in total. The Morgan fingerprint density at radius 1 is 1.06 bits per heavy atom. The van der Waals surface area contributed by atoms with Crippen molar-refractivity contribution in [3.63, 3.8) is 0 Å². The van der Waals surface area contributed by atoms with Gasteiger partial charge in [-0.15, -0.1) is 0 Å². The molecule has 0 bridgehead atoms. The Kier molecular flexibility index (Phi) is 4.58. The molecule has 5 aromatic rings. The van der Waals surface area contributed by atoms with Crippen LogP contribution in [0, 0.1) is 0 Å². The lowest BCUT2D eigenvalue weighted by Crippen LogP contribution is -2.13. The molecule has 9 heteroatoms. The van der Waals surface area contributed by atoms with Crippen molar-refractivity contribution >= 4 is 50.7 Å². The van der Waals surface area contributed by atoms with Crippen molar-refractivity contribution in [1.82, 2.24) is 19.4 Å². The normalized spacial score (nSPS) is 11.4. The van der Waals surface area contributed by atoms with Gasteiger partial charge in [0.1, 0.15) is 16.7 Å². The fourth-order valence-corrected chi connectivity index (χ4v) is 3.79. The monoisotopic (exact) mass is 430 g/mol. The predicted molar refractivity (Wildman–Crippen MR) is 118 cm³/mol. The summed E-state index contributed by atoms with van der Waals surface area (Å²) < 4.78 is 11.8. The van der Waals surface area contributed by atoms with E-state index in [-0.39, 0.29) is 28.8 Å². The first-order valence-electron chi connectivity index (χ1n) is 10.1. The summed E-state index contributed by atoms with van der Waals surface area (Å²) in [6.07, 6.45) is 0.653. The van der Waals surface area contributed by atoms with Crippen LogP contribution in [-0.2, 0) is 9.47 Å². The average Bonchev–Trinajstić information content (AvgIpc) is 3.13. The Morgan fingerprint density at radius 3 is 2.53 bits per heavy atom. The summed E-state index contributed by atoms with van der Waals surface area (Å²) in [6, 6.07) is 11.9. The van der Waals surface area contributed by atoms with Crippen molar-refractivity contribution in [2.24, 2.45) is 0 Å². The van der Waals surface area contributed by atoms with Crippen molar-refractivity contribution in [1.29, 1.82) is 0 Å². The molecule has 9 nitrogen and oxygen atoms in total. The zero-order valence-corrected chi connectivity index (χ0v) is 17.3. The molecule has 2 aromatic carbocycles. The van der Waals surface area contributed by atoms with E-state index in [0.29, 0.717) is 34.1 Å². The van der Waals surface area contributed by atoms with Crippen molar-refractivity contribution in [2.45, 2.75) is 13.3 Å². The maximum Gasteiger partial charge on any atom is 0.344 e. The van der Waals surface area contributed by atoms with Gasteiger partial charge in [0, 0.05) is 0 Å². The van der Waals surface area contributed by atoms with Gasteiger partial charge in [0.05, 0.1) is 41.2 Å². The first-order chi connectivity index (χ1) is 15.5. The number of para-hydroxylation sites is 2. The van der Waals surface area contributed by atoms with Crippen molar-refractivity contribution < 1.29 is 19.1 Å². The van der Waals surface area contributed by atoms with E-state index in [1.54, 1.807) is 22.6 Å². The molecular formula is C23H18N4O5. The van der Waals surface area contributed by atoms with Crippen LogP contribution in [0.4, 0.5) is 0 Å². The number of aromatic nitrogens is 4. The molecule has 0 spiro atoms. The molecule has 0 amide bonds. The van der Waals surface area contributed by atoms with E-state index in [9.17, 15) is 14.4 Å². The summed E-state index contributed by atoms with van der Waals surface area (Å²) in [4.78, 5) is 50.0. The largest absolute Gasteiger partial charge is 0.465 e. The van der Waals surface area contributed by atoms with E-state index in [2.05, 4.69) is 9.97 Å². The van der Waals surface area contributed by atoms with Gasteiger partial charge in [-0.1, -0.05) is 19.1 Å². The van der Waals surface area contributed by atoms with Gasteiger partial charge in [0.15, 0.2) is 5.65 Å². The number of benzene rings is 2. The van der Waals surface area contributed by atoms with Crippen molar-refractivity contribution in [3.05, 3.63) is 63.9 Å². The summed E-state index contributed by atoms with van der Waals surface area (Å²) in [6.45, 7) is 2.13. The first-order valence-corrected chi connectivity index (χ1v) is 10.1. The van der Waals surface area contributed by atoms with Crippen LogP contribution >= 0.6 is 0 Å².